The van der Waals surface area contributed by atoms with Crippen molar-refractivity contribution >= 4 is 113 Å². The molecule has 260 valence electrons. The van der Waals surface area contributed by atoms with Gasteiger partial charge in [0.2, 0.25) is 0 Å². The van der Waals surface area contributed by atoms with Crippen LogP contribution in [0.5, 0.6) is 0 Å². The van der Waals surface area contributed by atoms with Gasteiger partial charge in [-0.2, -0.15) is 0 Å². The van der Waals surface area contributed by atoms with Gasteiger partial charge in [-0.15, -0.1) is 11.3 Å². The van der Waals surface area contributed by atoms with Crippen molar-refractivity contribution in [3.8, 4) is 11.1 Å². The van der Waals surface area contributed by atoms with E-state index in [0.29, 0.717) is 0 Å². The molecule has 1 aromatic heterocycles. The van der Waals surface area contributed by atoms with Crippen LogP contribution in [0.2, 0.25) is 0 Å². The summed E-state index contributed by atoms with van der Waals surface area (Å²) in [5.41, 5.74) is 5.86. The molecule has 2 heteroatoms. The maximum Gasteiger partial charge on any atom is 0.0468 e. The van der Waals surface area contributed by atoms with Gasteiger partial charge in [0.05, 0.1) is 0 Å². The minimum absolute atomic E-state index is 1.12. The van der Waals surface area contributed by atoms with E-state index < -0.39 is 0 Å². The van der Waals surface area contributed by atoms with Gasteiger partial charge >= 0.3 is 0 Å². The number of anilines is 3. The Kier molecular flexibility index (Phi) is 6.87. The molecule has 0 saturated heterocycles. The monoisotopic (exact) mass is 727 g/mol. The van der Waals surface area contributed by atoms with Gasteiger partial charge in [-0.05, 0) is 118 Å². The molecule has 0 N–H and O–H groups in total. The van der Waals surface area contributed by atoms with Crippen LogP contribution in [-0.2, 0) is 0 Å². The van der Waals surface area contributed by atoms with Gasteiger partial charge in [0.25, 0.3) is 0 Å². The number of thiophene rings is 1. The Morgan fingerprint density at radius 2 is 0.643 bits per heavy atom. The first kappa shape index (κ1) is 31.4. The van der Waals surface area contributed by atoms with Crippen molar-refractivity contribution in [1.82, 2.24) is 0 Å². The molecule has 56 heavy (non-hydrogen) atoms. The van der Waals surface area contributed by atoms with E-state index in [1.165, 1.54) is 95.9 Å². The highest BCUT2D eigenvalue weighted by molar-refractivity contribution is 7.26. The lowest BCUT2D eigenvalue weighted by atomic mass is 9.93. The average molecular weight is 728 g/mol. The second-order valence-electron chi connectivity index (χ2n) is 14.8. The van der Waals surface area contributed by atoms with Gasteiger partial charge in [0.1, 0.15) is 0 Å². The van der Waals surface area contributed by atoms with Crippen molar-refractivity contribution < 1.29 is 0 Å². The first-order chi connectivity index (χ1) is 27.8. The van der Waals surface area contributed by atoms with Crippen molar-refractivity contribution in [2.24, 2.45) is 0 Å². The number of hydrogen-bond acceptors (Lipinski definition) is 2. The van der Waals surface area contributed by atoms with Crippen LogP contribution in [0.1, 0.15) is 0 Å². The molecule has 0 aliphatic heterocycles. The van der Waals surface area contributed by atoms with Crippen molar-refractivity contribution in [3.63, 3.8) is 0 Å². The summed E-state index contributed by atoms with van der Waals surface area (Å²) in [6.45, 7) is 0. The molecule has 0 atom stereocenters. The Bertz CT molecular complexity index is 3310. The molecular weight excluding hydrogens is 695 g/mol. The fourth-order valence-electron chi connectivity index (χ4n) is 9.28. The van der Waals surface area contributed by atoms with Gasteiger partial charge < -0.3 is 4.90 Å². The van der Waals surface area contributed by atoms with Crippen LogP contribution >= 0.6 is 11.3 Å². The maximum absolute atomic E-state index is 2.44. The summed E-state index contributed by atoms with van der Waals surface area (Å²) in [6, 6.07) is 74.1. The molecule has 0 aliphatic carbocycles. The van der Waals surface area contributed by atoms with E-state index in [-0.39, 0.29) is 0 Å². The lowest BCUT2D eigenvalue weighted by molar-refractivity contribution is 1.30. The first-order valence-corrected chi connectivity index (χ1v) is 20.1. The standard InChI is InChI=1S/C54H33NS/c1-3-16-43-39(12-1)41-14-5-7-18-45(41)51-32-36(28-30-47(43)51)55(37-29-31-48-44-17-4-2-13-40(44)42-15-6-8-19-46(42)52(48)33-37)35-26-24-34(25-27-35)38-21-11-22-50-49-20-9-10-23-53(49)56-54(38)50/h1-33H. The second kappa shape index (κ2) is 12.3. The quantitative estimate of drug-likeness (QED) is 0.163. The van der Waals surface area contributed by atoms with Gasteiger partial charge in [0, 0.05) is 37.2 Å². The van der Waals surface area contributed by atoms with Gasteiger partial charge in [0.15, 0.2) is 0 Å². The summed E-state index contributed by atoms with van der Waals surface area (Å²) >= 11 is 1.88. The van der Waals surface area contributed by atoms with Crippen LogP contribution in [0.15, 0.2) is 200 Å². The largest absolute Gasteiger partial charge is 0.310 e. The van der Waals surface area contributed by atoms with E-state index in [2.05, 4.69) is 205 Å². The van der Waals surface area contributed by atoms with Crippen LogP contribution in [0, 0.1) is 0 Å². The summed E-state index contributed by atoms with van der Waals surface area (Å²) in [6.07, 6.45) is 0. The maximum atomic E-state index is 2.44. The zero-order valence-electron chi connectivity index (χ0n) is 30.4. The Hall–Kier alpha value is -7.00. The molecule has 0 unspecified atom stereocenters. The third-order valence-electron chi connectivity index (χ3n) is 11.8. The zero-order valence-corrected chi connectivity index (χ0v) is 31.2. The summed E-state index contributed by atoms with van der Waals surface area (Å²) in [7, 11) is 0. The highest BCUT2D eigenvalue weighted by Crippen LogP contribution is 2.45. The molecule has 1 heterocycles. The Morgan fingerprint density at radius 1 is 0.268 bits per heavy atom. The molecule has 0 radical (unpaired) electrons. The van der Waals surface area contributed by atoms with Gasteiger partial charge in [-0.25, -0.2) is 0 Å². The highest BCUT2D eigenvalue weighted by Gasteiger charge is 2.19. The third-order valence-corrected chi connectivity index (χ3v) is 13.0. The van der Waals surface area contributed by atoms with Crippen molar-refractivity contribution in [3.05, 3.63) is 200 Å². The molecule has 0 spiro atoms. The lowest BCUT2D eigenvalue weighted by Gasteiger charge is -2.27. The third kappa shape index (κ3) is 4.67. The average Bonchev–Trinajstić information content (AvgIpc) is 3.66. The summed E-state index contributed by atoms with van der Waals surface area (Å²) in [5, 5.41) is 17.9. The SMILES string of the molecule is c1ccc2c(c1)sc1c(-c3ccc(N(c4ccc5c6ccccc6c6ccccc6c5c4)c4ccc5c6ccccc6c6ccccc6c5c4)cc3)cccc12. The van der Waals surface area contributed by atoms with E-state index in [4.69, 9.17) is 0 Å². The number of nitrogens with zero attached hydrogens (tertiary/aromatic N) is 1. The molecule has 0 saturated carbocycles. The molecule has 1 nitrogen and oxygen atoms in total. The molecule has 11 aromatic carbocycles. The first-order valence-electron chi connectivity index (χ1n) is 19.3. The molecule has 0 amide bonds. The fraction of sp³-hybridized carbons (Fsp3) is 0. The predicted molar refractivity (Wildman–Crippen MR) is 244 cm³/mol. The van der Waals surface area contributed by atoms with Crippen molar-refractivity contribution in [1.29, 1.82) is 0 Å². The molecule has 0 bridgehead atoms. The van der Waals surface area contributed by atoms with Crippen LogP contribution in [0.25, 0.3) is 95.9 Å². The minimum atomic E-state index is 1.12. The Balaban J connectivity index is 1.10. The van der Waals surface area contributed by atoms with Gasteiger partial charge in [-0.1, -0.05) is 158 Å². The lowest BCUT2D eigenvalue weighted by Crippen LogP contribution is -2.10. The number of hydrogen-bond donors (Lipinski definition) is 0. The summed E-state index contributed by atoms with van der Waals surface area (Å²) in [5.74, 6) is 0. The molecule has 12 rings (SSSR count). The molecule has 0 fully saturated rings. The van der Waals surface area contributed by atoms with E-state index >= 15 is 0 Å². The topological polar surface area (TPSA) is 3.24 Å². The van der Waals surface area contributed by atoms with E-state index in [1.54, 1.807) is 0 Å². The molecule has 0 aliphatic rings. The smallest absolute Gasteiger partial charge is 0.0468 e. The second-order valence-corrected chi connectivity index (χ2v) is 15.9. The summed E-state index contributed by atoms with van der Waals surface area (Å²) < 4.78 is 2.66. The van der Waals surface area contributed by atoms with Gasteiger partial charge in [-0.3, -0.25) is 0 Å². The molecular formula is C54H33NS. The predicted octanol–water partition coefficient (Wildman–Crippen LogP) is 16.1. The van der Waals surface area contributed by atoms with Crippen LogP contribution < -0.4 is 4.90 Å². The van der Waals surface area contributed by atoms with Crippen LogP contribution in [0.4, 0.5) is 17.1 Å². The van der Waals surface area contributed by atoms with Crippen molar-refractivity contribution in [2.75, 3.05) is 4.90 Å². The van der Waals surface area contributed by atoms with Crippen molar-refractivity contribution in [2.45, 2.75) is 0 Å². The van der Waals surface area contributed by atoms with E-state index in [1.807, 2.05) is 11.3 Å². The highest BCUT2D eigenvalue weighted by atomic mass is 32.1. The Morgan fingerprint density at radius 3 is 1.12 bits per heavy atom. The fourth-order valence-corrected chi connectivity index (χ4v) is 10.5. The number of rotatable bonds is 4. The zero-order chi connectivity index (χ0) is 36.7. The van der Waals surface area contributed by atoms with Crippen LogP contribution in [0.3, 0.4) is 0 Å². The van der Waals surface area contributed by atoms with E-state index in [9.17, 15) is 0 Å². The Labute approximate surface area is 327 Å². The van der Waals surface area contributed by atoms with Crippen LogP contribution in [-0.4, -0.2) is 0 Å². The normalized spacial score (nSPS) is 11.9. The number of benzene rings is 11. The van der Waals surface area contributed by atoms with E-state index in [0.717, 1.165) is 17.1 Å². The minimum Gasteiger partial charge on any atom is -0.310 e. The summed E-state index contributed by atoms with van der Waals surface area (Å²) in [4.78, 5) is 2.44. The number of fused-ring (bicyclic) bond motifs is 15. The molecule has 12 aromatic rings.